The molecule has 2 rings (SSSR count). The van der Waals surface area contributed by atoms with Gasteiger partial charge in [-0.05, 0) is 30.9 Å². The van der Waals surface area contributed by atoms with E-state index in [2.05, 4.69) is 5.32 Å². The summed E-state index contributed by atoms with van der Waals surface area (Å²) in [4.78, 5) is 12.1. The average molecular weight is 301 g/mol. The highest BCUT2D eigenvalue weighted by atomic mass is 35.5. The normalized spacial score (nSPS) is 16.3. The Bertz CT molecular complexity index is 471. The molecule has 1 amide bonds. The van der Waals surface area contributed by atoms with Crippen LogP contribution in [0.2, 0.25) is 10.0 Å². The quantitative estimate of drug-likeness (QED) is 0.832. The molecule has 0 atom stereocenters. The van der Waals surface area contributed by atoms with Crippen LogP contribution in [0.3, 0.4) is 0 Å². The fourth-order valence-electron chi connectivity index (χ4n) is 2.50. The van der Waals surface area contributed by atoms with Crippen molar-refractivity contribution in [2.75, 3.05) is 12.3 Å². The third-order valence-electron chi connectivity index (χ3n) is 3.57. The summed E-state index contributed by atoms with van der Waals surface area (Å²) in [7, 11) is 0. The van der Waals surface area contributed by atoms with Crippen molar-refractivity contribution in [2.45, 2.75) is 32.1 Å². The summed E-state index contributed by atoms with van der Waals surface area (Å²) in [6, 6.07) is 3.10. The van der Waals surface area contributed by atoms with Gasteiger partial charge >= 0.3 is 0 Å². The Morgan fingerprint density at radius 1 is 1.26 bits per heavy atom. The van der Waals surface area contributed by atoms with Crippen LogP contribution in [0.15, 0.2) is 12.1 Å². The Labute approximate surface area is 123 Å². The van der Waals surface area contributed by atoms with Gasteiger partial charge in [0.05, 0.1) is 15.6 Å². The maximum atomic E-state index is 12.1. The van der Waals surface area contributed by atoms with E-state index in [0.29, 0.717) is 28.7 Å². The molecular weight excluding hydrogens is 283 g/mol. The number of nitrogens with two attached hydrogens (primary N) is 1. The number of hydrogen-bond acceptors (Lipinski definition) is 2. The van der Waals surface area contributed by atoms with E-state index in [4.69, 9.17) is 28.9 Å². The number of halogens is 2. The van der Waals surface area contributed by atoms with Gasteiger partial charge in [0.2, 0.25) is 0 Å². The van der Waals surface area contributed by atoms with Crippen molar-refractivity contribution in [3.05, 3.63) is 27.7 Å². The lowest BCUT2D eigenvalue weighted by molar-refractivity contribution is 0.0944. The Kier molecular flexibility index (Phi) is 4.94. The Hall–Kier alpha value is -0.930. The maximum absolute atomic E-state index is 12.1. The molecule has 104 valence electrons. The molecule has 3 nitrogen and oxygen atoms in total. The third kappa shape index (κ3) is 3.77. The van der Waals surface area contributed by atoms with Crippen molar-refractivity contribution >= 4 is 34.8 Å². The summed E-state index contributed by atoms with van der Waals surface area (Å²) in [5.41, 5.74) is 6.47. The molecule has 0 aliphatic heterocycles. The summed E-state index contributed by atoms with van der Waals surface area (Å²) in [6.45, 7) is 0.696. The van der Waals surface area contributed by atoms with Crippen LogP contribution in [0.25, 0.3) is 0 Å². The molecule has 1 aromatic rings. The van der Waals surface area contributed by atoms with Crippen LogP contribution < -0.4 is 11.1 Å². The number of carbonyl (C=O) groups excluding carboxylic acids is 1. The number of benzene rings is 1. The molecule has 3 N–H and O–H groups in total. The van der Waals surface area contributed by atoms with Crippen molar-refractivity contribution in [1.82, 2.24) is 5.32 Å². The van der Waals surface area contributed by atoms with Gasteiger partial charge in [0, 0.05) is 12.2 Å². The van der Waals surface area contributed by atoms with Crippen LogP contribution in [0.1, 0.15) is 42.5 Å². The number of hydrogen-bond donors (Lipinski definition) is 2. The molecule has 0 saturated heterocycles. The second-order valence-electron chi connectivity index (χ2n) is 5.08. The molecule has 0 aromatic heterocycles. The highest BCUT2D eigenvalue weighted by Crippen LogP contribution is 2.29. The lowest BCUT2D eigenvalue weighted by atomic mass is 9.89. The Morgan fingerprint density at radius 3 is 2.63 bits per heavy atom. The van der Waals surface area contributed by atoms with E-state index in [9.17, 15) is 4.79 Å². The molecule has 0 bridgehead atoms. The van der Waals surface area contributed by atoms with Crippen LogP contribution in [0.4, 0.5) is 5.69 Å². The Morgan fingerprint density at radius 2 is 1.95 bits per heavy atom. The first kappa shape index (κ1) is 14.5. The molecular formula is C14H18Cl2N2O. The van der Waals surface area contributed by atoms with E-state index in [1.54, 1.807) is 12.1 Å². The SMILES string of the molecule is Nc1cc(Cl)c(Cl)c(C(=O)NCC2CCCCC2)c1. The van der Waals surface area contributed by atoms with Crippen molar-refractivity contribution in [3.8, 4) is 0 Å². The van der Waals surface area contributed by atoms with Crippen molar-refractivity contribution in [1.29, 1.82) is 0 Å². The summed E-state index contributed by atoms with van der Waals surface area (Å²) >= 11 is 12.0. The van der Waals surface area contributed by atoms with Gasteiger partial charge in [0.25, 0.3) is 5.91 Å². The monoisotopic (exact) mass is 300 g/mol. The molecule has 1 saturated carbocycles. The summed E-state index contributed by atoms with van der Waals surface area (Å²) < 4.78 is 0. The number of carbonyl (C=O) groups is 1. The fraction of sp³-hybridized carbons (Fsp3) is 0.500. The second kappa shape index (κ2) is 6.49. The van der Waals surface area contributed by atoms with Gasteiger partial charge in [-0.3, -0.25) is 4.79 Å². The van der Waals surface area contributed by atoms with E-state index in [0.717, 1.165) is 0 Å². The van der Waals surface area contributed by atoms with Crippen LogP contribution in [0.5, 0.6) is 0 Å². The standard InChI is InChI=1S/C14H18Cl2N2O/c15-12-7-10(17)6-11(13(12)16)14(19)18-8-9-4-2-1-3-5-9/h6-7,9H,1-5,8,17H2,(H,18,19). The average Bonchev–Trinajstić information content (AvgIpc) is 2.41. The maximum Gasteiger partial charge on any atom is 0.252 e. The van der Waals surface area contributed by atoms with Crippen LogP contribution in [-0.4, -0.2) is 12.5 Å². The number of anilines is 1. The molecule has 19 heavy (non-hydrogen) atoms. The third-order valence-corrected chi connectivity index (χ3v) is 4.37. The minimum Gasteiger partial charge on any atom is -0.399 e. The second-order valence-corrected chi connectivity index (χ2v) is 5.86. The minimum absolute atomic E-state index is 0.204. The van der Waals surface area contributed by atoms with E-state index in [-0.39, 0.29) is 10.9 Å². The molecule has 0 unspecified atom stereocenters. The van der Waals surface area contributed by atoms with E-state index in [1.807, 2.05) is 0 Å². The van der Waals surface area contributed by atoms with Gasteiger partial charge in [-0.25, -0.2) is 0 Å². The first-order valence-electron chi connectivity index (χ1n) is 6.60. The topological polar surface area (TPSA) is 55.1 Å². The van der Waals surface area contributed by atoms with E-state index in [1.165, 1.54) is 32.1 Å². The predicted molar refractivity (Wildman–Crippen MR) is 79.8 cm³/mol. The highest BCUT2D eigenvalue weighted by molar-refractivity contribution is 6.44. The fourth-order valence-corrected chi connectivity index (χ4v) is 2.92. The van der Waals surface area contributed by atoms with Gasteiger partial charge in [-0.1, -0.05) is 42.5 Å². The summed E-state index contributed by atoms with van der Waals surface area (Å²) in [6.07, 6.45) is 6.19. The summed E-state index contributed by atoms with van der Waals surface area (Å²) in [5, 5.41) is 3.50. The van der Waals surface area contributed by atoms with Crippen LogP contribution in [-0.2, 0) is 0 Å². The van der Waals surface area contributed by atoms with Crippen LogP contribution in [0, 0.1) is 5.92 Å². The predicted octanol–water partition coefficient (Wildman–Crippen LogP) is 3.89. The number of nitrogen functional groups attached to an aromatic ring is 1. The molecule has 1 fully saturated rings. The smallest absolute Gasteiger partial charge is 0.252 e. The largest absolute Gasteiger partial charge is 0.399 e. The zero-order chi connectivity index (χ0) is 13.8. The van der Waals surface area contributed by atoms with E-state index < -0.39 is 0 Å². The molecule has 1 aliphatic rings. The first-order chi connectivity index (χ1) is 9.08. The van der Waals surface area contributed by atoms with Crippen molar-refractivity contribution in [3.63, 3.8) is 0 Å². The molecule has 1 aliphatic carbocycles. The van der Waals surface area contributed by atoms with E-state index >= 15 is 0 Å². The summed E-state index contributed by atoms with van der Waals surface area (Å²) in [5.74, 6) is 0.373. The Balaban J connectivity index is 1.99. The number of amides is 1. The van der Waals surface area contributed by atoms with Crippen LogP contribution >= 0.6 is 23.2 Å². The molecule has 1 aromatic carbocycles. The lowest BCUT2D eigenvalue weighted by Gasteiger charge is -2.21. The van der Waals surface area contributed by atoms with Crippen molar-refractivity contribution in [2.24, 2.45) is 5.92 Å². The number of rotatable bonds is 3. The zero-order valence-corrected chi connectivity index (χ0v) is 12.2. The highest BCUT2D eigenvalue weighted by Gasteiger charge is 2.17. The van der Waals surface area contributed by atoms with Gasteiger partial charge in [-0.15, -0.1) is 0 Å². The van der Waals surface area contributed by atoms with Gasteiger partial charge < -0.3 is 11.1 Å². The van der Waals surface area contributed by atoms with Crippen molar-refractivity contribution < 1.29 is 4.79 Å². The molecule has 5 heteroatoms. The van der Waals surface area contributed by atoms with Gasteiger partial charge in [0.1, 0.15) is 0 Å². The molecule has 0 spiro atoms. The minimum atomic E-state index is -0.204. The first-order valence-corrected chi connectivity index (χ1v) is 7.36. The molecule has 0 radical (unpaired) electrons. The van der Waals surface area contributed by atoms with Gasteiger partial charge in [0.15, 0.2) is 0 Å². The number of nitrogens with one attached hydrogen (secondary N) is 1. The lowest BCUT2D eigenvalue weighted by Crippen LogP contribution is -2.30. The molecule has 0 heterocycles. The zero-order valence-electron chi connectivity index (χ0n) is 10.7. The van der Waals surface area contributed by atoms with Gasteiger partial charge in [-0.2, -0.15) is 0 Å².